The van der Waals surface area contributed by atoms with Crippen LogP contribution in [0.15, 0.2) is 51.4 Å². The number of methoxy groups -OCH3 is 1. The smallest absolute Gasteiger partial charge is 0.152 e. The first-order valence-corrected chi connectivity index (χ1v) is 7.54. The second-order valence-electron chi connectivity index (χ2n) is 4.68. The molecule has 0 aliphatic carbocycles. The van der Waals surface area contributed by atoms with E-state index in [9.17, 15) is 0 Å². The summed E-state index contributed by atoms with van der Waals surface area (Å²) < 4.78 is 11.9. The van der Waals surface area contributed by atoms with E-state index in [0.717, 1.165) is 21.2 Å². The number of fused-ring (bicyclic) bond motifs is 1. The first kappa shape index (κ1) is 14.4. The summed E-state index contributed by atoms with van der Waals surface area (Å²) in [5.74, 6) is 1.44. The van der Waals surface area contributed by atoms with Crippen molar-refractivity contribution < 1.29 is 9.15 Å². The highest BCUT2D eigenvalue weighted by molar-refractivity contribution is 9.10. The van der Waals surface area contributed by atoms with Gasteiger partial charge in [-0.25, -0.2) is 0 Å². The Kier molecular flexibility index (Phi) is 3.93. The normalized spacial score (nSPS) is 12.6. The predicted octanol–water partition coefficient (Wildman–Crippen LogP) is 4.91. The minimum Gasteiger partial charge on any atom is -0.496 e. The van der Waals surface area contributed by atoms with Gasteiger partial charge >= 0.3 is 0 Å². The van der Waals surface area contributed by atoms with Gasteiger partial charge in [-0.1, -0.05) is 29.8 Å². The van der Waals surface area contributed by atoms with E-state index in [1.54, 1.807) is 13.2 Å². The van der Waals surface area contributed by atoms with Crippen molar-refractivity contribution in [3.8, 4) is 5.75 Å². The maximum absolute atomic E-state index is 6.29. The molecule has 0 saturated heterocycles. The zero-order valence-electron chi connectivity index (χ0n) is 11.3. The van der Waals surface area contributed by atoms with Gasteiger partial charge in [0, 0.05) is 5.39 Å². The fourth-order valence-corrected chi connectivity index (χ4v) is 3.02. The Morgan fingerprint density at radius 3 is 2.71 bits per heavy atom. The molecule has 108 valence electrons. The predicted molar refractivity (Wildman–Crippen MR) is 87.9 cm³/mol. The van der Waals surface area contributed by atoms with Gasteiger partial charge < -0.3 is 14.9 Å². The molecule has 0 amide bonds. The number of ether oxygens (including phenoxy) is 1. The lowest BCUT2D eigenvalue weighted by Gasteiger charge is -2.11. The van der Waals surface area contributed by atoms with Gasteiger partial charge in [0.05, 0.1) is 22.6 Å². The molecular formula is C16H13BrClNO2. The summed E-state index contributed by atoms with van der Waals surface area (Å²) in [5, 5.41) is 1.53. The van der Waals surface area contributed by atoms with Gasteiger partial charge in [0.25, 0.3) is 0 Å². The molecule has 0 radical (unpaired) electrons. The number of rotatable bonds is 3. The van der Waals surface area contributed by atoms with Gasteiger partial charge in [0.15, 0.2) is 5.58 Å². The van der Waals surface area contributed by atoms with Crippen LogP contribution in [0, 0.1) is 0 Å². The summed E-state index contributed by atoms with van der Waals surface area (Å²) >= 11 is 9.59. The van der Waals surface area contributed by atoms with Crippen LogP contribution in [0.1, 0.15) is 17.4 Å². The minimum absolute atomic E-state index is 0.365. The Bertz CT molecular complexity index is 800. The van der Waals surface area contributed by atoms with Crippen LogP contribution in [0.3, 0.4) is 0 Å². The van der Waals surface area contributed by atoms with Gasteiger partial charge in [0.2, 0.25) is 0 Å². The highest BCUT2D eigenvalue weighted by Gasteiger charge is 2.16. The van der Waals surface area contributed by atoms with Crippen LogP contribution in [-0.4, -0.2) is 7.11 Å². The average Bonchev–Trinajstić information content (AvgIpc) is 2.92. The monoisotopic (exact) mass is 365 g/mol. The van der Waals surface area contributed by atoms with Crippen LogP contribution in [0.2, 0.25) is 5.02 Å². The van der Waals surface area contributed by atoms with Crippen LogP contribution in [0.4, 0.5) is 0 Å². The third kappa shape index (κ3) is 2.67. The molecule has 1 atom stereocenters. The van der Waals surface area contributed by atoms with Gasteiger partial charge in [-0.05, 0) is 45.8 Å². The molecule has 0 spiro atoms. The lowest BCUT2D eigenvalue weighted by molar-refractivity contribution is 0.411. The molecule has 3 nitrogen and oxygen atoms in total. The molecule has 2 aromatic carbocycles. The molecule has 0 saturated carbocycles. The molecule has 5 heteroatoms. The van der Waals surface area contributed by atoms with Crippen molar-refractivity contribution in [2.75, 3.05) is 7.11 Å². The molecule has 1 aromatic heterocycles. The van der Waals surface area contributed by atoms with Crippen LogP contribution in [-0.2, 0) is 0 Å². The van der Waals surface area contributed by atoms with E-state index in [1.165, 1.54) is 0 Å². The summed E-state index contributed by atoms with van der Waals surface area (Å²) in [6, 6.07) is 12.9. The zero-order chi connectivity index (χ0) is 15.0. The van der Waals surface area contributed by atoms with Crippen molar-refractivity contribution in [2.24, 2.45) is 5.73 Å². The highest BCUT2D eigenvalue weighted by Crippen LogP contribution is 2.33. The molecule has 3 rings (SSSR count). The van der Waals surface area contributed by atoms with Crippen molar-refractivity contribution in [3.05, 3.63) is 63.3 Å². The summed E-state index contributed by atoms with van der Waals surface area (Å²) in [7, 11) is 1.63. The maximum Gasteiger partial charge on any atom is 0.152 e. The SMILES string of the molecule is COc1ccc(C(N)c2cc3cccc(Cl)c3o2)cc1Br. The van der Waals surface area contributed by atoms with Crippen molar-refractivity contribution in [2.45, 2.75) is 6.04 Å². The van der Waals surface area contributed by atoms with Gasteiger partial charge in [-0.15, -0.1) is 0 Å². The van der Waals surface area contributed by atoms with E-state index >= 15 is 0 Å². The molecule has 2 N–H and O–H groups in total. The van der Waals surface area contributed by atoms with E-state index in [4.69, 9.17) is 26.5 Å². The molecule has 0 bridgehead atoms. The number of benzene rings is 2. The summed E-state index contributed by atoms with van der Waals surface area (Å²) in [4.78, 5) is 0. The Hall–Kier alpha value is -1.49. The minimum atomic E-state index is -0.365. The van der Waals surface area contributed by atoms with Crippen LogP contribution >= 0.6 is 27.5 Å². The molecule has 0 aliphatic heterocycles. The topological polar surface area (TPSA) is 48.4 Å². The Labute approximate surface area is 135 Å². The molecule has 1 heterocycles. The lowest BCUT2D eigenvalue weighted by Crippen LogP contribution is -2.10. The second-order valence-corrected chi connectivity index (χ2v) is 5.94. The van der Waals surface area contributed by atoms with E-state index in [0.29, 0.717) is 16.4 Å². The lowest BCUT2D eigenvalue weighted by atomic mass is 10.1. The summed E-state index contributed by atoms with van der Waals surface area (Å²) in [6.07, 6.45) is 0. The van der Waals surface area contributed by atoms with Crippen LogP contribution < -0.4 is 10.5 Å². The number of nitrogens with two attached hydrogens (primary N) is 1. The Morgan fingerprint density at radius 1 is 1.24 bits per heavy atom. The molecule has 0 aliphatic rings. The number of halogens is 2. The fourth-order valence-electron chi connectivity index (χ4n) is 2.24. The van der Waals surface area contributed by atoms with Crippen molar-refractivity contribution in [1.82, 2.24) is 0 Å². The Balaban J connectivity index is 2.01. The second kappa shape index (κ2) is 5.72. The van der Waals surface area contributed by atoms with Crippen LogP contribution in [0.5, 0.6) is 5.75 Å². The third-order valence-electron chi connectivity index (χ3n) is 3.36. The number of furan rings is 1. The molecule has 21 heavy (non-hydrogen) atoms. The van der Waals surface area contributed by atoms with Crippen molar-refractivity contribution in [3.63, 3.8) is 0 Å². The number of hydrogen-bond acceptors (Lipinski definition) is 3. The van der Waals surface area contributed by atoms with Crippen molar-refractivity contribution in [1.29, 1.82) is 0 Å². The van der Waals surface area contributed by atoms with Crippen molar-refractivity contribution >= 4 is 38.5 Å². The number of para-hydroxylation sites is 1. The number of hydrogen-bond donors (Lipinski definition) is 1. The standard InChI is InChI=1S/C16H13BrClNO2/c1-20-13-6-5-9(7-11(13)17)15(19)14-8-10-3-2-4-12(18)16(10)21-14/h2-8,15H,19H2,1H3. The highest BCUT2D eigenvalue weighted by atomic mass is 79.9. The maximum atomic E-state index is 6.29. The molecule has 3 aromatic rings. The van der Waals surface area contributed by atoms with Gasteiger partial charge in [-0.2, -0.15) is 0 Å². The third-order valence-corrected chi connectivity index (χ3v) is 4.27. The molecule has 0 fully saturated rings. The average molecular weight is 367 g/mol. The first-order valence-electron chi connectivity index (χ1n) is 6.37. The van der Waals surface area contributed by atoms with E-state index in [2.05, 4.69) is 15.9 Å². The first-order chi connectivity index (χ1) is 10.1. The molecule has 1 unspecified atom stereocenters. The van der Waals surface area contributed by atoms with Gasteiger partial charge in [0.1, 0.15) is 11.5 Å². The van der Waals surface area contributed by atoms with E-state index in [1.807, 2.05) is 36.4 Å². The largest absolute Gasteiger partial charge is 0.496 e. The van der Waals surface area contributed by atoms with E-state index in [-0.39, 0.29) is 6.04 Å². The Morgan fingerprint density at radius 2 is 2.05 bits per heavy atom. The fraction of sp³-hybridized carbons (Fsp3) is 0.125. The summed E-state index contributed by atoms with van der Waals surface area (Å²) in [5.41, 5.74) is 7.88. The van der Waals surface area contributed by atoms with Crippen LogP contribution in [0.25, 0.3) is 11.0 Å². The molecular weight excluding hydrogens is 354 g/mol. The van der Waals surface area contributed by atoms with Gasteiger partial charge in [-0.3, -0.25) is 0 Å². The quantitative estimate of drug-likeness (QED) is 0.717. The van der Waals surface area contributed by atoms with E-state index < -0.39 is 0 Å². The summed E-state index contributed by atoms with van der Waals surface area (Å²) in [6.45, 7) is 0. The zero-order valence-corrected chi connectivity index (χ0v) is 13.6.